The van der Waals surface area contributed by atoms with Crippen LogP contribution in [-0.4, -0.2) is 0 Å². The van der Waals surface area contributed by atoms with Gasteiger partial charge in [0.2, 0.25) is 0 Å². The number of benzene rings is 6. The summed E-state index contributed by atoms with van der Waals surface area (Å²) < 4.78 is 0. The molecule has 3 N–H and O–H groups in total. The molecule has 0 amide bonds. The molecule has 0 bridgehead atoms. The molecule has 6 aromatic rings. The number of hydrogen-bond acceptors (Lipinski definition) is 3. The normalized spacial score (nSPS) is 10.9. The maximum Gasteiger partial charge on any atom is 0.0390 e. The van der Waals surface area contributed by atoms with Crippen LogP contribution >= 0.6 is 0 Å². The van der Waals surface area contributed by atoms with Crippen molar-refractivity contribution >= 4 is 55.7 Å². The molecular weight excluding hydrogens is 426 g/mol. The molecule has 0 aliphatic rings. The van der Waals surface area contributed by atoms with E-state index in [9.17, 15) is 0 Å². The quantitative estimate of drug-likeness (QED) is 0.236. The van der Waals surface area contributed by atoms with Crippen molar-refractivity contribution in [2.24, 2.45) is 0 Å². The Balaban J connectivity index is 1.10. The highest BCUT2D eigenvalue weighted by molar-refractivity contribution is 5.87. The number of hydrogen-bond donors (Lipinski definition) is 3. The average Bonchev–Trinajstić information content (AvgIpc) is 2.91. The maximum atomic E-state index is 3.49. The van der Waals surface area contributed by atoms with Crippen molar-refractivity contribution in [2.45, 2.75) is 0 Å². The second-order valence-electron chi connectivity index (χ2n) is 8.65. The van der Waals surface area contributed by atoms with Crippen LogP contribution in [-0.2, 0) is 0 Å². The van der Waals surface area contributed by atoms with Crippen molar-refractivity contribution in [3.63, 3.8) is 0 Å². The van der Waals surface area contributed by atoms with Gasteiger partial charge in [0.05, 0.1) is 0 Å². The number of anilines is 6. The van der Waals surface area contributed by atoms with E-state index >= 15 is 0 Å². The summed E-state index contributed by atoms with van der Waals surface area (Å²) >= 11 is 0. The zero-order valence-corrected chi connectivity index (χ0v) is 19.2. The molecule has 0 radical (unpaired) electrons. The third-order valence-corrected chi connectivity index (χ3v) is 6.13. The van der Waals surface area contributed by atoms with Gasteiger partial charge in [-0.1, -0.05) is 60.7 Å². The van der Waals surface area contributed by atoms with E-state index < -0.39 is 0 Å². The van der Waals surface area contributed by atoms with E-state index in [0.29, 0.717) is 0 Å². The SMILES string of the molecule is c1ccc2cc(Nc3ccc(Nc4ccc(Nc5ccc6ccccc6c5)cc4)cc3)ccc2c1. The summed E-state index contributed by atoms with van der Waals surface area (Å²) in [7, 11) is 0. The molecule has 0 saturated carbocycles. The first-order valence-corrected chi connectivity index (χ1v) is 11.8. The van der Waals surface area contributed by atoms with Gasteiger partial charge in [-0.05, 0) is 94.3 Å². The zero-order chi connectivity index (χ0) is 23.5. The Labute approximate surface area is 205 Å². The van der Waals surface area contributed by atoms with Crippen molar-refractivity contribution < 1.29 is 0 Å². The Morgan fingerprint density at radius 1 is 0.257 bits per heavy atom. The van der Waals surface area contributed by atoms with E-state index in [1.165, 1.54) is 21.5 Å². The molecule has 0 aliphatic heterocycles. The Hall–Kier alpha value is -4.76. The maximum absolute atomic E-state index is 3.49. The number of nitrogens with one attached hydrogen (secondary N) is 3. The lowest BCUT2D eigenvalue weighted by Gasteiger charge is -2.11. The highest BCUT2D eigenvalue weighted by Crippen LogP contribution is 2.26. The molecule has 0 aliphatic carbocycles. The predicted molar refractivity (Wildman–Crippen MR) is 151 cm³/mol. The van der Waals surface area contributed by atoms with Gasteiger partial charge in [0.25, 0.3) is 0 Å². The summed E-state index contributed by atoms with van der Waals surface area (Å²) in [5.74, 6) is 0. The zero-order valence-electron chi connectivity index (χ0n) is 19.2. The Morgan fingerprint density at radius 2 is 0.543 bits per heavy atom. The van der Waals surface area contributed by atoms with Crippen molar-refractivity contribution in [3.8, 4) is 0 Å². The average molecular weight is 452 g/mol. The van der Waals surface area contributed by atoms with Gasteiger partial charge < -0.3 is 16.0 Å². The summed E-state index contributed by atoms with van der Waals surface area (Å²) in [6, 6.07) is 46.4. The summed E-state index contributed by atoms with van der Waals surface area (Å²) in [5, 5.41) is 15.4. The van der Waals surface area contributed by atoms with Crippen molar-refractivity contribution in [3.05, 3.63) is 133 Å². The summed E-state index contributed by atoms with van der Waals surface area (Å²) in [4.78, 5) is 0. The van der Waals surface area contributed by atoms with Gasteiger partial charge in [-0.15, -0.1) is 0 Å². The third-order valence-electron chi connectivity index (χ3n) is 6.13. The van der Waals surface area contributed by atoms with Crippen molar-refractivity contribution in [2.75, 3.05) is 16.0 Å². The second kappa shape index (κ2) is 9.24. The van der Waals surface area contributed by atoms with Crippen LogP contribution in [0.2, 0.25) is 0 Å². The molecule has 35 heavy (non-hydrogen) atoms. The van der Waals surface area contributed by atoms with Crippen LogP contribution in [0.25, 0.3) is 21.5 Å². The smallest absolute Gasteiger partial charge is 0.0390 e. The first-order valence-electron chi connectivity index (χ1n) is 11.8. The molecule has 0 saturated heterocycles. The monoisotopic (exact) mass is 451 g/mol. The van der Waals surface area contributed by atoms with E-state index in [0.717, 1.165) is 34.1 Å². The standard InChI is InChI=1S/C32H25N3/c1-3-7-25-21-31(11-9-23(25)5-1)34-29-17-13-27(14-18-29)33-28-15-19-30(20-16-28)35-32-12-10-24-6-2-4-8-26(24)22-32/h1-22,33-35H. The molecule has 0 heterocycles. The minimum absolute atomic E-state index is 1.05. The molecule has 0 atom stereocenters. The van der Waals surface area contributed by atoms with Crippen LogP contribution in [0.4, 0.5) is 34.1 Å². The largest absolute Gasteiger partial charge is 0.356 e. The number of fused-ring (bicyclic) bond motifs is 2. The van der Waals surface area contributed by atoms with Crippen molar-refractivity contribution in [1.29, 1.82) is 0 Å². The van der Waals surface area contributed by atoms with Gasteiger partial charge in [-0.25, -0.2) is 0 Å². The molecule has 168 valence electrons. The van der Waals surface area contributed by atoms with Crippen LogP contribution in [0.15, 0.2) is 133 Å². The van der Waals surface area contributed by atoms with E-state index in [1.54, 1.807) is 0 Å². The Kier molecular flexibility index (Phi) is 5.50. The van der Waals surface area contributed by atoms with Crippen LogP contribution in [0.5, 0.6) is 0 Å². The fourth-order valence-corrected chi connectivity index (χ4v) is 4.31. The van der Waals surface area contributed by atoms with Crippen LogP contribution in [0.1, 0.15) is 0 Å². The first-order chi connectivity index (χ1) is 17.3. The molecule has 3 nitrogen and oxygen atoms in total. The fraction of sp³-hybridized carbons (Fsp3) is 0. The third kappa shape index (κ3) is 4.80. The molecule has 0 unspecified atom stereocenters. The number of rotatable bonds is 6. The molecule has 0 fully saturated rings. The molecular formula is C32H25N3. The van der Waals surface area contributed by atoms with Gasteiger partial charge in [-0.2, -0.15) is 0 Å². The van der Waals surface area contributed by atoms with Crippen LogP contribution in [0.3, 0.4) is 0 Å². The second-order valence-corrected chi connectivity index (χ2v) is 8.65. The molecule has 6 rings (SSSR count). The lowest BCUT2D eigenvalue weighted by Crippen LogP contribution is -1.94. The predicted octanol–water partition coefficient (Wildman–Crippen LogP) is 9.22. The van der Waals surface area contributed by atoms with E-state index in [2.05, 4.69) is 149 Å². The van der Waals surface area contributed by atoms with E-state index in [4.69, 9.17) is 0 Å². The van der Waals surface area contributed by atoms with Crippen LogP contribution < -0.4 is 16.0 Å². The lowest BCUT2D eigenvalue weighted by molar-refractivity contribution is 1.51. The van der Waals surface area contributed by atoms with Gasteiger partial charge in [-0.3, -0.25) is 0 Å². The highest BCUT2D eigenvalue weighted by atomic mass is 14.9. The topological polar surface area (TPSA) is 36.1 Å². The minimum Gasteiger partial charge on any atom is -0.356 e. The Morgan fingerprint density at radius 3 is 0.914 bits per heavy atom. The van der Waals surface area contributed by atoms with Crippen LogP contribution in [0, 0.1) is 0 Å². The Bertz CT molecular complexity index is 1480. The molecule has 0 spiro atoms. The summed E-state index contributed by atoms with van der Waals surface area (Å²) in [5.41, 5.74) is 6.37. The van der Waals surface area contributed by atoms with Crippen molar-refractivity contribution in [1.82, 2.24) is 0 Å². The molecule has 6 aromatic carbocycles. The molecule has 3 heteroatoms. The summed E-state index contributed by atoms with van der Waals surface area (Å²) in [6.07, 6.45) is 0. The van der Waals surface area contributed by atoms with Gasteiger partial charge in [0.1, 0.15) is 0 Å². The fourth-order valence-electron chi connectivity index (χ4n) is 4.31. The minimum atomic E-state index is 1.05. The van der Waals surface area contributed by atoms with Gasteiger partial charge >= 0.3 is 0 Å². The first kappa shape index (κ1) is 20.8. The van der Waals surface area contributed by atoms with E-state index in [1.807, 2.05) is 0 Å². The summed E-state index contributed by atoms with van der Waals surface area (Å²) in [6.45, 7) is 0. The lowest BCUT2D eigenvalue weighted by atomic mass is 10.1. The van der Waals surface area contributed by atoms with E-state index in [-0.39, 0.29) is 0 Å². The van der Waals surface area contributed by atoms with Gasteiger partial charge in [0.15, 0.2) is 0 Å². The van der Waals surface area contributed by atoms with Gasteiger partial charge in [0, 0.05) is 34.1 Å². The molecule has 0 aromatic heterocycles. The highest BCUT2D eigenvalue weighted by Gasteiger charge is 2.01.